The minimum Gasteiger partial charge on any atom is -0.0654 e. The Hall–Kier alpha value is 0. The lowest BCUT2D eigenvalue weighted by Gasteiger charge is -1.99. The molecule has 0 aromatic carbocycles. The highest BCUT2D eigenvalue weighted by molar-refractivity contribution is 4.85. The minimum atomic E-state index is 1.14. The van der Waals surface area contributed by atoms with Crippen LogP contribution in [-0.4, -0.2) is 0 Å². The highest BCUT2D eigenvalue weighted by Crippen LogP contribution is 2.45. The zero-order valence-corrected chi connectivity index (χ0v) is 9.52. The van der Waals surface area contributed by atoms with Crippen LogP contribution in [0.25, 0.3) is 0 Å². The number of hydrogen-bond donors (Lipinski definition) is 0. The summed E-state index contributed by atoms with van der Waals surface area (Å²) < 4.78 is 0. The Bertz CT molecular complexity index is 117. The van der Waals surface area contributed by atoms with Crippen molar-refractivity contribution in [1.29, 1.82) is 0 Å². The summed E-state index contributed by atoms with van der Waals surface area (Å²) in [6.07, 6.45) is 13.3. The van der Waals surface area contributed by atoms with Gasteiger partial charge >= 0.3 is 0 Å². The van der Waals surface area contributed by atoms with Gasteiger partial charge in [-0.05, 0) is 18.3 Å². The van der Waals surface area contributed by atoms with Crippen molar-refractivity contribution in [2.45, 2.75) is 71.6 Å². The van der Waals surface area contributed by atoms with Gasteiger partial charge in [-0.1, -0.05) is 65.2 Å². The molecule has 0 N–H and O–H groups in total. The molecule has 0 aromatic rings. The van der Waals surface area contributed by atoms with E-state index in [-0.39, 0.29) is 0 Å². The Morgan fingerprint density at radius 3 is 2.00 bits per heavy atom. The second-order valence-electron chi connectivity index (χ2n) is 4.75. The van der Waals surface area contributed by atoms with Crippen LogP contribution in [-0.2, 0) is 0 Å². The van der Waals surface area contributed by atoms with Crippen LogP contribution in [0.15, 0.2) is 0 Å². The van der Waals surface area contributed by atoms with E-state index in [1.807, 2.05) is 0 Å². The second-order valence-corrected chi connectivity index (χ2v) is 4.75. The van der Waals surface area contributed by atoms with Gasteiger partial charge in [0.25, 0.3) is 0 Å². The van der Waals surface area contributed by atoms with Crippen molar-refractivity contribution < 1.29 is 0 Å². The molecule has 1 saturated carbocycles. The molecule has 13 heavy (non-hydrogen) atoms. The predicted molar refractivity (Wildman–Crippen MR) is 59.9 cm³/mol. The topological polar surface area (TPSA) is 0 Å². The van der Waals surface area contributed by atoms with Gasteiger partial charge in [0.1, 0.15) is 0 Å². The second kappa shape index (κ2) is 6.45. The third kappa shape index (κ3) is 4.69. The lowest BCUT2D eigenvalue weighted by atomic mass is 10.1. The number of unbranched alkanes of at least 4 members (excludes halogenated alkanes) is 4. The van der Waals surface area contributed by atoms with Gasteiger partial charge in [-0.15, -0.1) is 0 Å². The molecule has 0 saturated heterocycles. The van der Waals surface area contributed by atoms with Crippen molar-refractivity contribution in [3.8, 4) is 0 Å². The average molecular weight is 182 g/mol. The summed E-state index contributed by atoms with van der Waals surface area (Å²) in [7, 11) is 0. The molecule has 0 bridgehead atoms. The van der Waals surface area contributed by atoms with Crippen LogP contribution >= 0.6 is 0 Å². The van der Waals surface area contributed by atoms with Crippen molar-refractivity contribution in [1.82, 2.24) is 0 Å². The average Bonchev–Trinajstić information content (AvgIpc) is 2.88. The maximum absolute atomic E-state index is 2.30. The zero-order valence-electron chi connectivity index (χ0n) is 9.52. The quantitative estimate of drug-likeness (QED) is 0.474. The van der Waals surface area contributed by atoms with E-state index in [4.69, 9.17) is 0 Å². The highest BCUT2D eigenvalue weighted by atomic mass is 14.4. The Kier molecular flexibility index (Phi) is 5.50. The van der Waals surface area contributed by atoms with Crippen LogP contribution in [0.4, 0.5) is 0 Å². The van der Waals surface area contributed by atoms with Gasteiger partial charge < -0.3 is 0 Å². The summed E-state index contributed by atoms with van der Waals surface area (Å²) in [5, 5.41) is 0. The Labute approximate surface area is 84.1 Å². The lowest BCUT2D eigenvalue weighted by molar-refractivity contribution is 0.540. The first-order valence-electron chi connectivity index (χ1n) is 6.38. The molecule has 1 aliphatic carbocycles. The van der Waals surface area contributed by atoms with Gasteiger partial charge in [0.15, 0.2) is 0 Å². The summed E-state index contributed by atoms with van der Waals surface area (Å²) in [4.78, 5) is 0. The summed E-state index contributed by atoms with van der Waals surface area (Å²) in [5.74, 6) is 2.28. The first-order valence-corrected chi connectivity index (χ1v) is 6.38. The van der Waals surface area contributed by atoms with Crippen LogP contribution in [0, 0.1) is 11.8 Å². The summed E-state index contributed by atoms with van der Waals surface area (Å²) >= 11 is 0. The van der Waals surface area contributed by atoms with Crippen molar-refractivity contribution >= 4 is 0 Å². The fraction of sp³-hybridized carbons (Fsp3) is 1.00. The molecule has 1 fully saturated rings. The fourth-order valence-corrected chi connectivity index (χ4v) is 2.32. The van der Waals surface area contributed by atoms with Gasteiger partial charge in [0.05, 0.1) is 0 Å². The molecule has 2 unspecified atom stereocenters. The van der Waals surface area contributed by atoms with Crippen LogP contribution in [0.1, 0.15) is 71.6 Å². The van der Waals surface area contributed by atoms with E-state index in [9.17, 15) is 0 Å². The Morgan fingerprint density at radius 2 is 1.38 bits per heavy atom. The normalized spacial score (nSPS) is 26.3. The maximum atomic E-state index is 2.30. The molecule has 0 radical (unpaired) electrons. The Morgan fingerprint density at radius 1 is 0.769 bits per heavy atom. The van der Waals surface area contributed by atoms with E-state index in [1.54, 1.807) is 6.42 Å². The first kappa shape index (κ1) is 11.1. The SMILES string of the molecule is CCCCCCC1CC1CCCC. The van der Waals surface area contributed by atoms with E-state index in [1.165, 1.54) is 51.4 Å². The van der Waals surface area contributed by atoms with E-state index in [0.717, 1.165) is 11.8 Å². The van der Waals surface area contributed by atoms with Crippen LogP contribution < -0.4 is 0 Å². The maximum Gasteiger partial charge on any atom is -0.0383 e. The fourth-order valence-electron chi connectivity index (χ4n) is 2.32. The molecule has 2 atom stereocenters. The van der Waals surface area contributed by atoms with Gasteiger partial charge in [-0.25, -0.2) is 0 Å². The molecule has 0 heterocycles. The van der Waals surface area contributed by atoms with Crippen molar-refractivity contribution in [3.63, 3.8) is 0 Å². The molecule has 0 amide bonds. The molecule has 0 spiro atoms. The minimum absolute atomic E-state index is 1.14. The molecule has 0 heteroatoms. The lowest BCUT2D eigenvalue weighted by Crippen LogP contribution is -1.84. The van der Waals surface area contributed by atoms with Gasteiger partial charge in [0.2, 0.25) is 0 Å². The monoisotopic (exact) mass is 182 g/mol. The summed E-state index contributed by atoms with van der Waals surface area (Å²) in [6.45, 7) is 4.60. The summed E-state index contributed by atoms with van der Waals surface area (Å²) in [5.41, 5.74) is 0. The standard InChI is InChI=1S/C13H26/c1-3-5-7-8-10-13-11-12(13)9-6-4-2/h12-13H,3-11H2,1-2H3. The molecule has 78 valence electrons. The zero-order chi connectivity index (χ0) is 9.52. The van der Waals surface area contributed by atoms with Crippen LogP contribution in [0.5, 0.6) is 0 Å². The molecule has 0 aromatic heterocycles. The number of hydrogen-bond acceptors (Lipinski definition) is 0. The molecular weight excluding hydrogens is 156 g/mol. The molecule has 0 nitrogen and oxygen atoms in total. The third-order valence-electron chi connectivity index (χ3n) is 3.43. The molecule has 0 aliphatic heterocycles. The number of rotatable bonds is 8. The first-order chi connectivity index (χ1) is 6.38. The van der Waals surface area contributed by atoms with Crippen molar-refractivity contribution in [2.75, 3.05) is 0 Å². The van der Waals surface area contributed by atoms with Gasteiger partial charge in [0, 0.05) is 0 Å². The smallest absolute Gasteiger partial charge is 0.0383 e. The van der Waals surface area contributed by atoms with Crippen LogP contribution in [0.2, 0.25) is 0 Å². The van der Waals surface area contributed by atoms with E-state index in [0.29, 0.717) is 0 Å². The van der Waals surface area contributed by atoms with E-state index in [2.05, 4.69) is 13.8 Å². The van der Waals surface area contributed by atoms with Crippen molar-refractivity contribution in [2.24, 2.45) is 11.8 Å². The van der Waals surface area contributed by atoms with E-state index < -0.39 is 0 Å². The Balaban J connectivity index is 1.83. The third-order valence-corrected chi connectivity index (χ3v) is 3.43. The van der Waals surface area contributed by atoms with Crippen molar-refractivity contribution in [3.05, 3.63) is 0 Å². The largest absolute Gasteiger partial charge is 0.0654 e. The molecule has 1 rings (SSSR count). The predicted octanol–water partition coefficient (Wildman–Crippen LogP) is 4.78. The van der Waals surface area contributed by atoms with Gasteiger partial charge in [-0.3, -0.25) is 0 Å². The van der Waals surface area contributed by atoms with E-state index >= 15 is 0 Å². The highest BCUT2D eigenvalue weighted by Gasteiger charge is 2.34. The van der Waals surface area contributed by atoms with Crippen LogP contribution in [0.3, 0.4) is 0 Å². The molecule has 1 aliphatic rings. The summed E-state index contributed by atoms with van der Waals surface area (Å²) in [6, 6.07) is 0. The molecular formula is C13H26. The van der Waals surface area contributed by atoms with Gasteiger partial charge in [-0.2, -0.15) is 0 Å².